The molecule has 3 fully saturated rings. The van der Waals surface area contributed by atoms with Gasteiger partial charge in [0, 0.05) is 18.8 Å². The molecule has 0 saturated carbocycles. The third-order valence-electron chi connectivity index (χ3n) is 8.81. The predicted molar refractivity (Wildman–Crippen MR) is 151 cm³/mol. The van der Waals surface area contributed by atoms with E-state index >= 15 is 0 Å². The maximum absolute atomic E-state index is 14.1. The third kappa shape index (κ3) is 4.44. The highest BCUT2D eigenvalue weighted by atomic mass is 35.5. The minimum absolute atomic E-state index is 0.0947. The topological polar surface area (TPSA) is 117 Å². The second-order valence-corrected chi connectivity index (χ2v) is 11.6. The molecule has 0 aromatic heterocycles. The van der Waals surface area contributed by atoms with Crippen molar-refractivity contribution in [3.63, 3.8) is 0 Å². The number of anilines is 2. The number of rotatable bonds is 9. The summed E-state index contributed by atoms with van der Waals surface area (Å²) in [4.78, 5) is 43.4. The highest BCUT2D eigenvalue weighted by Crippen LogP contribution is 2.65. The fourth-order valence-corrected chi connectivity index (χ4v) is 7.19. The van der Waals surface area contributed by atoms with Crippen LogP contribution in [-0.2, 0) is 19.1 Å². The van der Waals surface area contributed by atoms with E-state index in [-0.39, 0.29) is 30.9 Å². The number of para-hydroxylation sites is 1. The first-order valence-electron chi connectivity index (χ1n) is 13.8. The second kappa shape index (κ2) is 10.7. The van der Waals surface area contributed by atoms with Crippen molar-refractivity contribution in [3.05, 3.63) is 53.1 Å². The van der Waals surface area contributed by atoms with Gasteiger partial charge in [0.25, 0.3) is 0 Å². The highest BCUT2D eigenvalue weighted by molar-refractivity contribution is 6.34. The van der Waals surface area contributed by atoms with Crippen LogP contribution in [0.5, 0.6) is 5.75 Å². The molecule has 214 valence electrons. The number of hydrogen-bond donors (Lipinski definition) is 3. The Morgan fingerprint density at radius 3 is 2.55 bits per heavy atom. The molecule has 10 heteroatoms. The Hall–Kier alpha value is -3.14. The van der Waals surface area contributed by atoms with E-state index in [0.717, 1.165) is 5.56 Å². The van der Waals surface area contributed by atoms with E-state index in [4.69, 9.17) is 21.1 Å². The van der Waals surface area contributed by atoms with Gasteiger partial charge in [-0.2, -0.15) is 0 Å². The molecule has 3 heterocycles. The van der Waals surface area contributed by atoms with E-state index in [1.165, 1.54) is 4.90 Å². The summed E-state index contributed by atoms with van der Waals surface area (Å²) in [6.45, 7) is 8.15. The van der Waals surface area contributed by atoms with Gasteiger partial charge >= 0.3 is 0 Å². The van der Waals surface area contributed by atoms with Crippen molar-refractivity contribution < 1.29 is 29.0 Å². The molecule has 3 N–H and O–H groups in total. The van der Waals surface area contributed by atoms with Gasteiger partial charge < -0.3 is 30.1 Å². The smallest absolute Gasteiger partial charge is 0.250 e. The third-order valence-corrected chi connectivity index (χ3v) is 9.12. The van der Waals surface area contributed by atoms with Crippen LogP contribution >= 0.6 is 11.6 Å². The summed E-state index contributed by atoms with van der Waals surface area (Å²) in [5.74, 6) is -2.13. The lowest BCUT2D eigenvalue weighted by Gasteiger charge is -2.36. The molecule has 1 spiro atoms. The second-order valence-electron chi connectivity index (χ2n) is 11.2. The van der Waals surface area contributed by atoms with Crippen LogP contribution in [0.2, 0.25) is 5.02 Å². The van der Waals surface area contributed by atoms with Gasteiger partial charge in [-0.3, -0.25) is 14.4 Å². The van der Waals surface area contributed by atoms with Crippen LogP contribution in [0, 0.1) is 24.7 Å². The molecule has 6 atom stereocenters. The minimum Gasteiger partial charge on any atom is -0.494 e. The average molecular weight is 570 g/mol. The van der Waals surface area contributed by atoms with Gasteiger partial charge in [0.1, 0.15) is 17.4 Å². The zero-order valence-electron chi connectivity index (χ0n) is 23.2. The Morgan fingerprint density at radius 1 is 1.18 bits per heavy atom. The molecular formula is C30H36ClN3O6. The first-order chi connectivity index (χ1) is 19.1. The fourth-order valence-electron chi connectivity index (χ4n) is 6.92. The molecular weight excluding hydrogens is 534 g/mol. The molecule has 40 heavy (non-hydrogen) atoms. The number of ether oxygens (including phenoxy) is 2. The van der Waals surface area contributed by atoms with Crippen molar-refractivity contribution in [2.24, 2.45) is 17.8 Å². The number of nitrogens with one attached hydrogen (secondary N) is 2. The zero-order valence-corrected chi connectivity index (χ0v) is 24.0. The number of aryl methyl sites for hydroxylation is 1. The van der Waals surface area contributed by atoms with E-state index < -0.39 is 35.0 Å². The summed E-state index contributed by atoms with van der Waals surface area (Å²) in [6.07, 6.45) is 0.737. The lowest BCUT2D eigenvalue weighted by molar-refractivity contribution is -0.144. The molecule has 5 rings (SSSR count). The Kier molecular flexibility index (Phi) is 7.58. The normalized spacial score (nSPS) is 30.4. The molecule has 3 aliphatic heterocycles. The summed E-state index contributed by atoms with van der Waals surface area (Å²) in [5.41, 5.74) is -0.309. The van der Waals surface area contributed by atoms with Crippen LogP contribution in [0.4, 0.5) is 11.4 Å². The number of benzene rings is 2. The van der Waals surface area contributed by atoms with Gasteiger partial charge in [-0.1, -0.05) is 30.7 Å². The lowest BCUT2D eigenvalue weighted by Crippen LogP contribution is -2.54. The largest absolute Gasteiger partial charge is 0.494 e. The molecule has 2 bridgehead atoms. The van der Waals surface area contributed by atoms with Crippen LogP contribution < -0.4 is 15.4 Å². The van der Waals surface area contributed by atoms with Crippen molar-refractivity contribution >= 4 is 40.7 Å². The van der Waals surface area contributed by atoms with Crippen molar-refractivity contribution in [1.29, 1.82) is 0 Å². The highest BCUT2D eigenvalue weighted by Gasteiger charge is 2.79. The lowest BCUT2D eigenvalue weighted by atomic mass is 9.62. The Balaban J connectivity index is 1.50. The molecule has 3 amide bonds. The quantitative estimate of drug-likeness (QED) is 0.420. The van der Waals surface area contributed by atoms with Crippen LogP contribution in [0.1, 0.15) is 39.2 Å². The molecule has 9 nitrogen and oxygen atoms in total. The van der Waals surface area contributed by atoms with Gasteiger partial charge in [-0.25, -0.2) is 0 Å². The van der Waals surface area contributed by atoms with Crippen LogP contribution in [-0.4, -0.2) is 64.7 Å². The first kappa shape index (κ1) is 28.4. The Labute approximate surface area is 239 Å². The molecule has 3 saturated heterocycles. The van der Waals surface area contributed by atoms with Gasteiger partial charge in [0.15, 0.2) is 0 Å². The number of carbonyl (C=O) groups excluding carboxylic acids is 3. The Bertz CT molecular complexity index is 1300. The molecule has 3 unspecified atom stereocenters. The maximum Gasteiger partial charge on any atom is 0.250 e. The van der Waals surface area contributed by atoms with Crippen LogP contribution in [0.15, 0.2) is 42.5 Å². The van der Waals surface area contributed by atoms with Crippen LogP contribution in [0.25, 0.3) is 0 Å². The number of nitrogens with zero attached hydrogens (tertiary/aromatic N) is 1. The number of fused-ring (bicyclic) bond motifs is 1. The predicted octanol–water partition coefficient (Wildman–Crippen LogP) is 4.02. The SMILES string of the molecule is CCOc1ccc(NC(=O)[C@H]2[C@H]3C(=O)N(CCCO)C(C(=O)Nc4c(C)cccc4Cl)C34CC(C)[C@]2(C)O4)cc1. The van der Waals surface area contributed by atoms with E-state index in [1.54, 1.807) is 36.4 Å². The van der Waals surface area contributed by atoms with Gasteiger partial charge in [0.05, 0.1) is 34.8 Å². The molecule has 3 aliphatic rings. The maximum atomic E-state index is 14.1. The number of likely N-dealkylation sites (tertiary alicyclic amines) is 1. The van der Waals surface area contributed by atoms with E-state index in [0.29, 0.717) is 41.6 Å². The van der Waals surface area contributed by atoms with Gasteiger partial charge in [0.2, 0.25) is 17.7 Å². The van der Waals surface area contributed by atoms with Crippen molar-refractivity contribution in [1.82, 2.24) is 4.90 Å². The molecule has 0 radical (unpaired) electrons. The number of amides is 3. The number of carbonyl (C=O) groups is 3. The average Bonchev–Trinajstić information content (AvgIpc) is 3.42. The van der Waals surface area contributed by atoms with E-state index in [1.807, 2.05) is 33.8 Å². The number of aliphatic hydroxyl groups excluding tert-OH is 1. The number of halogens is 1. The van der Waals surface area contributed by atoms with Gasteiger partial charge in [-0.05, 0) is 75.4 Å². The van der Waals surface area contributed by atoms with Crippen LogP contribution in [0.3, 0.4) is 0 Å². The van der Waals surface area contributed by atoms with Gasteiger partial charge in [-0.15, -0.1) is 0 Å². The van der Waals surface area contributed by atoms with E-state index in [9.17, 15) is 19.5 Å². The summed E-state index contributed by atoms with van der Waals surface area (Å²) in [6, 6.07) is 11.4. The summed E-state index contributed by atoms with van der Waals surface area (Å²) < 4.78 is 12.2. The first-order valence-corrected chi connectivity index (χ1v) is 14.2. The summed E-state index contributed by atoms with van der Waals surface area (Å²) in [5, 5.41) is 15.9. The van der Waals surface area contributed by atoms with E-state index in [2.05, 4.69) is 10.6 Å². The minimum atomic E-state index is -1.19. The molecule has 0 aliphatic carbocycles. The fraction of sp³-hybridized carbons (Fsp3) is 0.500. The number of hydrogen-bond acceptors (Lipinski definition) is 6. The number of aliphatic hydroxyl groups is 1. The zero-order chi connectivity index (χ0) is 28.8. The van der Waals surface area contributed by atoms with Crippen molar-refractivity contribution in [2.75, 3.05) is 30.4 Å². The summed E-state index contributed by atoms with van der Waals surface area (Å²) >= 11 is 6.41. The Morgan fingerprint density at radius 2 is 1.90 bits per heavy atom. The summed E-state index contributed by atoms with van der Waals surface area (Å²) in [7, 11) is 0. The monoisotopic (exact) mass is 569 g/mol. The molecule has 2 aromatic rings. The van der Waals surface area contributed by atoms with Crippen molar-refractivity contribution in [2.45, 2.75) is 57.8 Å². The standard InChI is InChI=1S/C30H36ClN3O6/c1-5-39-20-12-10-19(11-13-20)32-26(36)22-23-28(38)34(14-7-15-35)25(30(23)16-18(3)29(22,4)40-30)27(37)33-24-17(2)8-6-9-21(24)31/h6,8-13,18,22-23,25,35H,5,7,14-16H2,1-4H3,(H,32,36)(H,33,37)/t18?,22-,23+,25?,29+,30?/m1/s1. The molecule has 2 aromatic carbocycles. The van der Waals surface area contributed by atoms with Crippen molar-refractivity contribution in [3.8, 4) is 5.75 Å².